The number of aliphatic hydroxyl groups excluding tert-OH is 1. The maximum Gasteiger partial charge on any atom is 0.229 e. The van der Waals surface area contributed by atoms with E-state index in [9.17, 15) is 13.5 Å². The number of para-hydroxylation sites is 1. The molecule has 26 heavy (non-hydrogen) atoms. The predicted molar refractivity (Wildman–Crippen MR) is 108 cm³/mol. The zero-order valence-corrected chi connectivity index (χ0v) is 16.9. The topological polar surface area (TPSA) is 78.4 Å². The van der Waals surface area contributed by atoms with Crippen LogP contribution in [0.3, 0.4) is 0 Å². The van der Waals surface area contributed by atoms with E-state index in [1.807, 2.05) is 6.07 Å². The highest BCUT2D eigenvalue weighted by atomic mass is 32.2. The molecule has 148 valence electrons. The molecule has 6 heteroatoms. The third-order valence-electron chi connectivity index (χ3n) is 5.42. The Morgan fingerprint density at radius 1 is 1.15 bits per heavy atom. The first-order chi connectivity index (χ1) is 12.4. The van der Waals surface area contributed by atoms with E-state index in [0.717, 1.165) is 37.6 Å². The largest absolute Gasteiger partial charge is 0.388 e. The number of hydrogen-bond acceptors (Lipinski definition) is 4. The van der Waals surface area contributed by atoms with Crippen LogP contribution in [0.25, 0.3) is 0 Å². The van der Waals surface area contributed by atoms with Gasteiger partial charge in [0.05, 0.1) is 18.0 Å². The third-order valence-corrected chi connectivity index (χ3v) is 6.01. The van der Waals surface area contributed by atoms with Gasteiger partial charge in [-0.2, -0.15) is 0 Å². The van der Waals surface area contributed by atoms with Crippen LogP contribution >= 0.6 is 0 Å². The molecule has 0 saturated heterocycles. The lowest BCUT2D eigenvalue weighted by molar-refractivity contribution is 0.164. The van der Waals surface area contributed by atoms with E-state index in [2.05, 4.69) is 17.0 Å². The van der Waals surface area contributed by atoms with Crippen LogP contribution in [-0.2, 0) is 10.0 Å². The van der Waals surface area contributed by atoms with Gasteiger partial charge in [-0.1, -0.05) is 44.4 Å². The van der Waals surface area contributed by atoms with Crippen molar-refractivity contribution in [3.05, 3.63) is 29.8 Å². The number of aliphatic hydroxyl groups is 1. The zero-order valence-electron chi connectivity index (χ0n) is 16.1. The zero-order chi connectivity index (χ0) is 19.0. The first-order valence-corrected chi connectivity index (χ1v) is 11.7. The molecule has 1 aliphatic carbocycles. The molecule has 1 fully saturated rings. The second-order valence-electron chi connectivity index (χ2n) is 7.62. The Kier molecular flexibility index (Phi) is 8.38. The summed E-state index contributed by atoms with van der Waals surface area (Å²) in [5.74, 6) is 1.73. The van der Waals surface area contributed by atoms with E-state index < -0.39 is 16.1 Å². The smallest absolute Gasteiger partial charge is 0.229 e. The average molecular weight is 383 g/mol. The molecule has 0 spiro atoms. The minimum atomic E-state index is -3.35. The van der Waals surface area contributed by atoms with E-state index in [-0.39, 0.29) is 0 Å². The summed E-state index contributed by atoms with van der Waals surface area (Å²) in [5, 5.41) is 14.0. The van der Waals surface area contributed by atoms with Crippen LogP contribution in [0.15, 0.2) is 24.3 Å². The number of anilines is 1. The van der Waals surface area contributed by atoms with Crippen molar-refractivity contribution in [2.75, 3.05) is 24.1 Å². The number of benzene rings is 1. The summed E-state index contributed by atoms with van der Waals surface area (Å²) < 4.78 is 25.4. The van der Waals surface area contributed by atoms with Gasteiger partial charge in [-0.15, -0.1) is 0 Å². The van der Waals surface area contributed by atoms with E-state index in [4.69, 9.17) is 0 Å². The highest BCUT2D eigenvalue weighted by Gasteiger charge is 2.19. The predicted octanol–water partition coefficient (Wildman–Crippen LogP) is 3.68. The molecule has 0 amide bonds. The molecular formula is C20H34N2O3S. The SMILES string of the molecule is CCC1CCC(CNCCCC(O)c2ccccc2NS(C)(=O)=O)CC1. The molecule has 0 heterocycles. The minimum absolute atomic E-state index is 0.461. The third kappa shape index (κ3) is 7.25. The normalized spacial score (nSPS) is 22.1. The summed E-state index contributed by atoms with van der Waals surface area (Å²) in [5.41, 5.74) is 1.10. The Balaban J connectivity index is 1.70. The minimum Gasteiger partial charge on any atom is -0.388 e. The first kappa shape index (κ1) is 21.2. The standard InChI is InChI=1S/C20H34N2O3S/c1-3-16-10-12-17(13-11-16)15-21-14-6-9-20(23)18-7-4-5-8-19(18)22-26(2,24)25/h4-5,7-8,16-17,20-23H,3,6,9-15H2,1-2H3. The Labute approximate surface area is 158 Å². The molecule has 1 aromatic rings. The molecule has 1 unspecified atom stereocenters. The lowest BCUT2D eigenvalue weighted by Crippen LogP contribution is -2.27. The molecule has 3 N–H and O–H groups in total. The van der Waals surface area contributed by atoms with Crippen molar-refractivity contribution in [3.8, 4) is 0 Å². The van der Waals surface area contributed by atoms with Crippen molar-refractivity contribution in [3.63, 3.8) is 0 Å². The number of nitrogens with one attached hydrogen (secondary N) is 2. The number of hydrogen-bond donors (Lipinski definition) is 3. The van der Waals surface area contributed by atoms with Crippen LogP contribution in [0.4, 0.5) is 5.69 Å². The molecule has 1 aromatic carbocycles. The molecule has 0 bridgehead atoms. The van der Waals surface area contributed by atoms with Crippen LogP contribution in [-0.4, -0.2) is 32.9 Å². The summed E-state index contributed by atoms with van der Waals surface area (Å²) in [6, 6.07) is 7.04. The lowest BCUT2D eigenvalue weighted by Gasteiger charge is -2.28. The first-order valence-electron chi connectivity index (χ1n) is 9.84. The van der Waals surface area contributed by atoms with Crippen LogP contribution in [0.1, 0.15) is 63.5 Å². The molecule has 1 atom stereocenters. The van der Waals surface area contributed by atoms with Crippen molar-refractivity contribution in [2.45, 2.75) is 58.0 Å². The van der Waals surface area contributed by atoms with Crippen LogP contribution in [0.5, 0.6) is 0 Å². The Morgan fingerprint density at radius 2 is 1.81 bits per heavy atom. The highest BCUT2D eigenvalue weighted by Crippen LogP contribution is 2.30. The Morgan fingerprint density at radius 3 is 2.46 bits per heavy atom. The molecule has 1 aliphatic rings. The van der Waals surface area contributed by atoms with Crippen molar-refractivity contribution >= 4 is 15.7 Å². The van der Waals surface area contributed by atoms with Gasteiger partial charge < -0.3 is 10.4 Å². The molecule has 0 radical (unpaired) electrons. The maximum atomic E-state index is 11.5. The van der Waals surface area contributed by atoms with Gasteiger partial charge in [-0.25, -0.2) is 8.42 Å². The van der Waals surface area contributed by atoms with Crippen LogP contribution < -0.4 is 10.0 Å². The number of rotatable bonds is 10. The van der Waals surface area contributed by atoms with Crippen LogP contribution in [0, 0.1) is 11.8 Å². The van der Waals surface area contributed by atoms with Crippen molar-refractivity contribution in [1.82, 2.24) is 5.32 Å². The summed E-state index contributed by atoms with van der Waals surface area (Å²) in [7, 11) is -3.35. The fourth-order valence-corrected chi connectivity index (χ4v) is 4.39. The summed E-state index contributed by atoms with van der Waals surface area (Å²) in [6.45, 7) is 4.24. The second-order valence-corrected chi connectivity index (χ2v) is 9.37. The molecule has 1 saturated carbocycles. The maximum absolute atomic E-state index is 11.5. The van der Waals surface area contributed by atoms with Crippen molar-refractivity contribution in [2.24, 2.45) is 11.8 Å². The monoisotopic (exact) mass is 382 g/mol. The van der Waals surface area contributed by atoms with Gasteiger partial charge in [0.25, 0.3) is 0 Å². The van der Waals surface area contributed by atoms with Crippen molar-refractivity contribution in [1.29, 1.82) is 0 Å². The molecular weight excluding hydrogens is 348 g/mol. The van der Waals surface area contributed by atoms with E-state index in [1.54, 1.807) is 18.2 Å². The summed E-state index contributed by atoms with van der Waals surface area (Å²) >= 11 is 0. The van der Waals surface area contributed by atoms with Gasteiger partial charge in [-0.05, 0) is 56.7 Å². The van der Waals surface area contributed by atoms with E-state index in [1.165, 1.54) is 32.1 Å². The Hall–Kier alpha value is -1.11. The van der Waals surface area contributed by atoms with E-state index in [0.29, 0.717) is 17.7 Å². The molecule has 2 rings (SSSR count). The Bertz CT molecular complexity index is 640. The van der Waals surface area contributed by atoms with Crippen molar-refractivity contribution < 1.29 is 13.5 Å². The van der Waals surface area contributed by atoms with Gasteiger partial charge in [0.15, 0.2) is 0 Å². The summed E-state index contributed by atoms with van der Waals surface area (Å²) in [4.78, 5) is 0. The summed E-state index contributed by atoms with van der Waals surface area (Å²) in [6.07, 6.45) is 8.63. The lowest BCUT2D eigenvalue weighted by atomic mass is 9.81. The highest BCUT2D eigenvalue weighted by molar-refractivity contribution is 7.92. The van der Waals surface area contributed by atoms with Gasteiger partial charge in [0.1, 0.15) is 0 Å². The fourth-order valence-electron chi connectivity index (χ4n) is 3.81. The quantitative estimate of drug-likeness (QED) is 0.540. The second kappa shape index (κ2) is 10.3. The van der Waals surface area contributed by atoms with Gasteiger partial charge in [0.2, 0.25) is 10.0 Å². The van der Waals surface area contributed by atoms with Gasteiger partial charge >= 0.3 is 0 Å². The number of sulfonamides is 1. The fraction of sp³-hybridized carbons (Fsp3) is 0.700. The van der Waals surface area contributed by atoms with E-state index >= 15 is 0 Å². The average Bonchev–Trinajstić information content (AvgIpc) is 2.61. The molecule has 0 aliphatic heterocycles. The molecule has 0 aromatic heterocycles. The van der Waals surface area contributed by atoms with Gasteiger partial charge in [-0.3, -0.25) is 4.72 Å². The molecule has 5 nitrogen and oxygen atoms in total. The van der Waals surface area contributed by atoms with Gasteiger partial charge in [0, 0.05) is 5.56 Å². The van der Waals surface area contributed by atoms with Crippen LogP contribution in [0.2, 0.25) is 0 Å².